The molecule has 2 N–H and O–H groups in total. The van der Waals surface area contributed by atoms with Crippen molar-refractivity contribution in [2.24, 2.45) is 5.73 Å². The molecule has 1 aromatic rings. The van der Waals surface area contributed by atoms with Gasteiger partial charge in [0.05, 0.1) is 7.11 Å². The van der Waals surface area contributed by atoms with E-state index in [4.69, 9.17) is 10.5 Å². The Morgan fingerprint density at radius 3 is 2.53 bits per heavy atom. The molecule has 0 aromatic heterocycles. The first-order valence-corrected chi connectivity index (χ1v) is 8.12. The summed E-state index contributed by atoms with van der Waals surface area (Å²) < 4.78 is 5.17. The van der Waals surface area contributed by atoms with Crippen molar-refractivity contribution in [2.75, 3.05) is 32.7 Å². The van der Waals surface area contributed by atoms with Crippen LogP contribution in [-0.2, 0) is 6.54 Å². The first kappa shape index (κ1) is 16.3. The van der Waals surface area contributed by atoms with Crippen LogP contribution >= 0.6 is 11.8 Å². The summed E-state index contributed by atoms with van der Waals surface area (Å²) >= 11 is 1.90. The van der Waals surface area contributed by atoms with E-state index in [0.29, 0.717) is 6.04 Å². The normalized spacial score (nSPS) is 12.7. The second-order valence-electron chi connectivity index (χ2n) is 4.79. The average molecular weight is 282 g/mol. The molecule has 1 rings (SSSR count). The van der Waals surface area contributed by atoms with Crippen molar-refractivity contribution < 1.29 is 4.74 Å². The molecule has 0 aliphatic heterocycles. The highest BCUT2D eigenvalue weighted by Gasteiger charge is 2.12. The molecule has 3 nitrogen and oxygen atoms in total. The first-order valence-electron chi connectivity index (χ1n) is 6.73. The number of methoxy groups -OCH3 is 1. The fraction of sp³-hybridized carbons (Fsp3) is 0.600. The Morgan fingerprint density at radius 1 is 1.32 bits per heavy atom. The van der Waals surface area contributed by atoms with Gasteiger partial charge in [0, 0.05) is 19.1 Å². The maximum Gasteiger partial charge on any atom is 0.118 e. The Labute approximate surface area is 121 Å². The molecule has 0 amide bonds. The number of hydrogen-bond acceptors (Lipinski definition) is 4. The highest BCUT2D eigenvalue weighted by atomic mass is 32.2. The van der Waals surface area contributed by atoms with Crippen LogP contribution in [0.2, 0.25) is 0 Å². The molecule has 0 saturated carbocycles. The van der Waals surface area contributed by atoms with Gasteiger partial charge in [0.25, 0.3) is 0 Å². The predicted octanol–water partition coefficient (Wildman–Crippen LogP) is 2.60. The maximum atomic E-state index is 5.89. The largest absolute Gasteiger partial charge is 0.497 e. The Balaban J connectivity index is 2.47. The third-order valence-corrected chi connectivity index (χ3v) is 4.07. The number of nitrogens with zero attached hydrogens (tertiary/aromatic N) is 1. The van der Waals surface area contributed by atoms with Gasteiger partial charge in [0.15, 0.2) is 0 Å². The predicted molar refractivity (Wildman–Crippen MR) is 84.9 cm³/mol. The summed E-state index contributed by atoms with van der Waals surface area (Å²) in [4.78, 5) is 2.35. The van der Waals surface area contributed by atoms with Crippen molar-refractivity contribution in [2.45, 2.75) is 25.4 Å². The van der Waals surface area contributed by atoms with Crippen LogP contribution in [0.15, 0.2) is 24.3 Å². The molecule has 4 heteroatoms. The lowest BCUT2D eigenvalue weighted by Crippen LogP contribution is -2.37. The fourth-order valence-corrected chi connectivity index (χ4v) is 2.58. The smallest absolute Gasteiger partial charge is 0.118 e. The molecule has 0 spiro atoms. The summed E-state index contributed by atoms with van der Waals surface area (Å²) in [6.45, 7) is 1.66. The minimum atomic E-state index is 0.467. The van der Waals surface area contributed by atoms with Gasteiger partial charge in [0.1, 0.15) is 5.75 Å². The molecule has 108 valence electrons. The number of benzene rings is 1. The van der Waals surface area contributed by atoms with Crippen molar-refractivity contribution >= 4 is 11.8 Å². The Morgan fingerprint density at radius 2 is 2.00 bits per heavy atom. The number of rotatable bonds is 9. The lowest BCUT2D eigenvalue weighted by Gasteiger charge is -2.27. The van der Waals surface area contributed by atoms with Gasteiger partial charge in [-0.05, 0) is 49.6 Å². The van der Waals surface area contributed by atoms with Crippen molar-refractivity contribution in [1.29, 1.82) is 0 Å². The van der Waals surface area contributed by atoms with Gasteiger partial charge in [-0.15, -0.1) is 0 Å². The molecule has 0 fully saturated rings. The number of hydrogen-bond donors (Lipinski definition) is 1. The molecule has 0 heterocycles. The molecule has 1 aromatic carbocycles. The van der Waals surface area contributed by atoms with E-state index in [1.54, 1.807) is 7.11 Å². The number of nitrogens with two attached hydrogens (primary N) is 1. The second-order valence-corrected chi connectivity index (χ2v) is 5.77. The standard InChI is InChI=1S/C15H26N2OS/c1-17(14(11-16)5-4-10-19-3)12-13-6-8-15(18-2)9-7-13/h6-9,14H,4-5,10-12,16H2,1-3H3. The van der Waals surface area contributed by atoms with Gasteiger partial charge in [-0.3, -0.25) is 4.90 Å². The summed E-state index contributed by atoms with van der Waals surface area (Å²) in [6, 6.07) is 8.72. The topological polar surface area (TPSA) is 38.5 Å². The van der Waals surface area contributed by atoms with Crippen LogP contribution < -0.4 is 10.5 Å². The van der Waals surface area contributed by atoms with Crippen LogP contribution in [0.3, 0.4) is 0 Å². The molecule has 0 bridgehead atoms. The molecule has 0 aliphatic carbocycles. The lowest BCUT2D eigenvalue weighted by molar-refractivity contribution is 0.226. The summed E-state index contributed by atoms with van der Waals surface area (Å²) in [5.74, 6) is 2.12. The third-order valence-electron chi connectivity index (χ3n) is 3.37. The van der Waals surface area contributed by atoms with Crippen molar-refractivity contribution in [3.63, 3.8) is 0 Å². The van der Waals surface area contributed by atoms with Crippen LogP contribution in [-0.4, -0.2) is 43.7 Å². The van der Waals surface area contributed by atoms with Gasteiger partial charge in [-0.2, -0.15) is 11.8 Å². The van der Waals surface area contributed by atoms with E-state index >= 15 is 0 Å². The summed E-state index contributed by atoms with van der Waals surface area (Å²) in [6.07, 6.45) is 4.55. The Hall–Kier alpha value is -0.710. The number of thioether (sulfide) groups is 1. The van der Waals surface area contributed by atoms with E-state index in [1.807, 2.05) is 23.9 Å². The molecule has 19 heavy (non-hydrogen) atoms. The highest BCUT2D eigenvalue weighted by Crippen LogP contribution is 2.15. The van der Waals surface area contributed by atoms with Gasteiger partial charge in [0.2, 0.25) is 0 Å². The average Bonchev–Trinajstić information content (AvgIpc) is 2.44. The maximum absolute atomic E-state index is 5.89. The van der Waals surface area contributed by atoms with Gasteiger partial charge >= 0.3 is 0 Å². The highest BCUT2D eigenvalue weighted by molar-refractivity contribution is 7.98. The minimum Gasteiger partial charge on any atom is -0.497 e. The van der Waals surface area contributed by atoms with E-state index < -0.39 is 0 Å². The van der Waals surface area contributed by atoms with Gasteiger partial charge in [-0.25, -0.2) is 0 Å². The SMILES string of the molecule is COc1ccc(CN(C)C(CN)CCCSC)cc1. The first-order chi connectivity index (χ1) is 9.21. The Kier molecular flexibility index (Phi) is 7.94. The zero-order chi connectivity index (χ0) is 14.1. The molecule has 1 unspecified atom stereocenters. The van der Waals surface area contributed by atoms with Crippen LogP contribution in [0.5, 0.6) is 5.75 Å². The van der Waals surface area contributed by atoms with Crippen molar-refractivity contribution in [3.05, 3.63) is 29.8 Å². The van der Waals surface area contributed by atoms with E-state index in [2.05, 4.69) is 30.3 Å². The number of ether oxygens (including phenoxy) is 1. The van der Waals surface area contributed by atoms with E-state index in [-0.39, 0.29) is 0 Å². The zero-order valence-corrected chi connectivity index (χ0v) is 13.1. The monoisotopic (exact) mass is 282 g/mol. The quantitative estimate of drug-likeness (QED) is 0.707. The molecular formula is C15H26N2OS. The van der Waals surface area contributed by atoms with Crippen molar-refractivity contribution in [1.82, 2.24) is 4.90 Å². The molecule has 0 aliphatic rings. The molecular weight excluding hydrogens is 256 g/mol. The third kappa shape index (κ3) is 5.85. The van der Waals surface area contributed by atoms with Crippen LogP contribution in [0.1, 0.15) is 18.4 Å². The van der Waals surface area contributed by atoms with E-state index in [9.17, 15) is 0 Å². The van der Waals surface area contributed by atoms with Crippen LogP contribution in [0, 0.1) is 0 Å². The molecule has 0 radical (unpaired) electrons. The zero-order valence-electron chi connectivity index (χ0n) is 12.3. The second kappa shape index (κ2) is 9.23. The minimum absolute atomic E-state index is 0.467. The summed E-state index contributed by atoms with van der Waals surface area (Å²) in [7, 11) is 3.85. The van der Waals surface area contributed by atoms with Crippen LogP contribution in [0.25, 0.3) is 0 Å². The van der Waals surface area contributed by atoms with Crippen LogP contribution in [0.4, 0.5) is 0 Å². The fourth-order valence-electron chi connectivity index (χ4n) is 2.13. The lowest BCUT2D eigenvalue weighted by atomic mass is 10.1. The Bertz CT molecular complexity index is 343. The van der Waals surface area contributed by atoms with E-state index in [1.165, 1.54) is 24.2 Å². The van der Waals surface area contributed by atoms with E-state index in [0.717, 1.165) is 18.8 Å². The molecule has 1 atom stereocenters. The summed E-state index contributed by atoms with van der Waals surface area (Å²) in [5.41, 5.74) is 7.18. The van der Waals surface area contributed by atoms with Crippen molar-refractivity contribution in [3.8, 4) is 5.75 Å². The van der Waals surface area contributed by atoms with Gasteiger partial charge in [-0.1, -0.05) is 12.1 Å². The molecule has 0 saturated heterocycles. The van der Waals surface area contributed by atoms with Gasteiger partial charge < -0.3 is 10.5 Å². The number of likely N-dealkylation sites (N-methyl/N-ethyl adjacent to an activating group) is 1. The summed E-state index contributed by atoms with van der Waals surface area (Å²) in [5, 5.41) is 0.